The maximum absolute atomic E-state index is 13.9. The lowest BCUT2D eigenvalue weighted by molar-refractivity contribution is -0.122. The summed E-state index contributed by atoms with van der Waals surface area (Å²) in [6.07, 6.45) is 0.0409. The van der Waals surface area contributed by atoms with Crippen molar-refractivity contribution in [1.82, 2.24) is 0 Å². The highest BCUT2D eigenvalue weighted by molar-refractivity contribution is 6.34. The van der Waals surface area contributed by atoms with Crippen LogP contribution in [0.25, 0.3) is 0 Å². The number of benzene rings is 2. The molecule has 0 radical (unpaired) electrons. The molecule has 1 unspecified atom stereocenters. The molecule has 2 aromatic carbocycles. The Hall–Kier alpha value is -2.11. The van der Waals surface area contributed by atoms with E-state index in [1.807, 2.05) is 0 Å². The van der Waals surface area contributed by atoms with E-state index in [9.17, 15) is 14.0 Å². The summed E-state index contributed by atoms with van der Waals surface area (Å²) in [4.78, 5) is 26.0. The molecule has 0 spiro atoms. The molecule has 0 saturated carbocycles. The van der Waals surface area contributed by atoms with Gasteiger partial charge in [0.05, 0.1) is 27.3 Å². The van der Waals surface area contributed by atoms with Crippen molar-refractivity contribution in [3.8, 4) is 0 Å². The number of rotatable bonds is 3. The topological polar surface area (TPSA) is 49.4 Å². The number of hydrogen-bond acceptors (Lipinski definition) is 2. The van der Waals surface area contributed by atoms with Crippen LogP contribution in [0.15, 0.2) is 42.5 Å². The SMILES string of the molecule is O=C(Nc1cccc(Cl)c1F)C1CC(=O)N(c2ccccc2Cl)C1. The van der Waals surface area contributed by atoms with Gasteiger partial charge in [-0.1, -0.05) is 41.4 Å². The lowest BCUT2D eigenvalue weighted by atomic mass is 10.1. The zero-order valence-corrected chi connectivity index (χ0v) is 13.9. The van der Waals surface area contributed by atoms with Crippen LogP contribution in [-0.2, 0) is 9.59 Å². The average molecular weight is 367 g/mol. The highest BCUT2D eigenvalue weighted by Crippen LogP contribution is 2.31. The van der Waals surface area contributed by atoms with E-state index in [1.54, 1.807) is 24.3 Å². The van der Waals surface area contributed by atoms with Crippen LogP contribution >= 0.6 is 23.2 Å². The van der Waals surface area contributed by atoms with Crippen LogP contribution in [0, 0.1) is 11.7 Å². The molecule has 0 bridgehead atoms. The van der Waals surface area contributed by atoms with E-state index in [2.05, 4.69) is 5.32 Å². The van der Waals surface area contributed by atoms with E-state index in [-0.39, 0.29) is 29.6 Å². The number of anilines is 2. The van der Waals surface area contributed by atoms with Crippen molar-refractivity contribution >= 4 is 46.4 Å². The molecule has 1 aliphatic rings. The molecule has 2 aromatic rings. The van der Waals surface area contributed by atoms with Crippen molar-refractivity contribution in [2.75, 3.05) is 16.8 Å². The number of carbonyl (C=O) groups excluding carboxylic acids is 2. The molecular weight excluding hydrogens is 354 g/mol. The fourth-order valence-electron chi connectivity index (χ4n) is 2.62. The number of carbonyl (C=O) groups is 2. The van der Waals surface area contributed by atoms with Gasteiger partial charge in [0.15, 0.2) is 5.82 Å². The summed E-state index contributed by atoms with van der Waals surface area (Å²) in [5, 5.41) is 2.85. The molecule has 1 atom stereocenters. The number of amides is 2. The maximum atomic E-state index is 13.9. The first-order chi connectivity index (χ1) is 11.5. The highest BCUT2D eigenvalue weighted by Gasteiger charge is 2.36. The first kappa shape index (κ1) is 16.7. The highest BCUT2D eigenvalue weighted by atomic mass is 35.5. The van der Waals surface area contributed by atoms with Gasteiger partial charge in [-0.05, 0) is 24.3 Å². The molecule has 3 rings (SSSR count). The minimum atomic E-state index is -0.695. The number of nitrogens with zero attached hydrogens (tertiary/aromatic N) is 1. The Labute approximate surface area is 148 Å². The van der Waals surface area contributed by atoms with Crippen molar-refractivity contribution < 1.29 is 14.0 Å². The van der Waals surface area contributed by atoms with Crippen molar-refractivity contribution in [2.45, 2.75) is 6.42 Å². The third-order valence-corrected chi connectivity index (χ3v) is 4.46. The van der Waals surface area contributed by atoms with Crippen molar-refractivity contribution in [3.05, 3.63) is 58.3 Å². The zero-order valence-electron chi connectivity index (χ0n) is 12.4. The van der Waals surface area contributed by atoms with Gasteiger partial charge in [-0.25, -0.2) is 4.39 Å². The molecule has 1 aliphatic heterocycles. The molecule has 1 heterocycles. The Morgan fingerprint density at radius 3 is 2.58 bits per heavy atom. The monoisotopic (exact) mass is 366 g/mol. The first-order valence-electron chi connectivity index (χ1n) is 7.27. The van der Waals surface area contributed by atoms with Crippen LogP contribution < -0.4 is 10.2 Å². The second kappa shape index (κ2) is 6.79. The van der Waals surface area contributed by atoms with Crippen LogP contribution in [0.4, 0.5) is 15.8 Å². The van der Waals surface area contributed by atoms with E-state index >= 15 is 0 Å². The predicted octanol–water partition coefficient (Wildman–Crippen LogP) is 4.12. The third kappa shape index (κ3) is 3.23. The van der Waals surface area contributed by atoms with Crippen LogP contribution in [-0.4, -0.2) is 18.4 Å². The van der Waals surface area contributed by atoms with Crippen LogP contribution in [0.5, 0.6) is 0 Å². The Morgan fingerprint density at radius 2 is 1.83 bits per heavy atom. The molecule has 0 aliphatic carbocycles. The molecule has 1 saturated heterocycles. The third-order valence-electron chi connectivity index (χ3n) is 3.85. The van der Waals surface area contributed by atoms with Crippen LogP contribution in [0.1, 0.15) is 6.42 Å². The Kier molecular flexibility index (Phi) is 4.73. The quantitative estimate of drug-likeness (QED) is 0.887. The maximum Gasteiger partial charge on any atom is 0.229 e. The largest absolute Gasteiger partial charge is 0.323 e. The van der Waals surface area contributed by atoms with E-state index in [1.165, 1.54) is 23.1 Å². The fraction of sp³-hybridized carbons (Fsp3) is 0.176. The normalized spacial score (nSPS) is 17.2. The summed E-state index contributed by atoms with van der Waals surface area (Å²) < 4.78 is 13.9. The standard InChI is InChI=1S/C17H13Cl2FN2O2/c18-11-4-1-2-7-14(11)22-9-10(8-15(22)23)17(24)21-13-6-3-5-12(19)16(13)20/h1-7,10H,8-9H2,(H,21,24). The van der Waals surface area contributed by atoms with Gasteiger partial charge < -0.3 is 10.2 Å². The van der Waals surface area contributed by atoms with Crippen LogP contribution in [0.3, 0.4) is 0 Å². The molecule has 0 aromatic heterocycles. The molecule has 7 heteroatoms. The van der Waals surface area contributed by atoms with Gasteiger partial charge in [0.25, 0.3) is 0 Å². The number of para-hydroxylation sites is 1. The lowest BCUT2D eigenvalue weighted by Crippen LogP contribution is -2.28. The predicted molar refractivity (Wildman–Crippen MR) is 92.0 cm³/mol. The van der Waals surface area contributed by atoms with Gasteiger partial charge in [-0.15, -0.1) is 0 Å². The summed E-state index contributed by atoms with van der Waals surface area (Å²) in [5.41, 5.74) is 0.560. The second-order valence-electron chi connectivity index (χ2n) is 5.45. The molecule has 4 nitrogen and oxygen atoms in total. The van der Waals surface area contributed by atoms with Gasteiger partial charge in [-0.3, -0.25) is 9.59 Å². The van der Waals surface area contributed by atoms with Gasteiger partial charge in [-0.2, -0.15) is 0 Å². The fourth-order valence-corrected chi connectivity index (χ4v) is 3.03. The van der Waals surface area contributed by atoms with E-state index in [0.717, 1.165) is 0 Å². The number of halogens is 3. The van der Waals surface area contributed by atoms with Crippen molar-refractivity contribution in [1.29, 1.82) is 0 Å². The molecular formula is C17H13Cl2FN2O2. The van der Waals surface area contributed by atoms with Gasteiger partial charge >= 0.3 is 0 Å². The van der Waals surface area contributed by atoms with E-state index in [0.29, 0.717) is 10.7 Å². The van der Waals surface area contributed by atoms with Gasteiger partial charge in [0.1, 0.15) is 0 Å². The number of nitrogens with one attached hydrogen (secondary N) is 1. The summed E-state index contributed by atoms with van der Waals surface area (Å²) in [6.45, 7) is 0.191. The molecule has 1 fully saturated rings. The second-order valence-corrected chi connectivity index (χ2v) is 6.26. The van der Waals surface area contributed by atoms with E-state index < -0.39 is 17.6 Å². The Bertz CT molecular complexity index is 813. The minimum absolute atomic E-state index is 0.00357. The molecule has 1 N–H and O–H groups in total. The molecule has 124 valence electrons. The average Bonchev–Trinajstić information content (AvgIpc) is 2.94. The first-order valence-corrected chi connectivity index (χ1v) is 8.02. The van der Waals surface area contributed by atoms with Gasteiger partial charge in [0.2, 0.25) is 11.8 Å². The number of hydrogen-bond donors (Lipinski definition) is 1. The van der Waals surface area contributed by atoms with Crippen molar-refractivity contribution in [2.24, 2.45) is 5.92 Å². The lowest BCUT2D eigenvalue weighted by Gasteiger charge is -2.18. The Balaban J connectivity index is 1.75. The minimum Gasteiger partial charge on any atom is -0.323 e. The summed E-state index contributed by atoms with van der Waals surface area (Å²) in [5.74, 6) is -1.92. The molecule has 2 amide bonds. The zero-order chi connectivity index (χ0) is 17.3. The van der Waals surface area contributed by atoms with E-state index in [4.69, 9.17) is 23.2 Å². The Morgan fingerprint density at radius 1 is 1.12 bits per heavy atom. The summed E-state index contributed by atoms with van der Waals surface area (Å²) >= 11 is 11.8. The summed E-state index contributed by atoms with van der Waals surface area (Å²) in [6, 6.07) is 11.3. The molecule has 24 heavy (non-hydrogen) atoms. The summed E-state index contributed by atoms with van der Waals surface area (Å²) in [7, 11) is 0. The van der Waals surface area contributed by atoms with Gasteiger partial charge in [0, 0.05) is 13.0 Å². The van der Waals surface area contributed by atoms with Crippen molar-refractivity contribution in [3.63, 3.8) is 0 Å². The van der Waals surface area contributed by atoms with Crippen LogP contribution in [0.2, 0.25) is 10.0 Å². The smallest absolute Gasteiger partial charge is 0.229 e.